The molecule has 0 spiro atoms. The molecule has 0 unspecified atom stereocenters. The Morgan fingerprint density at radius 2 is 1.81 bits per heavy atom. The largest absolute Gasteiger partial charge is 0.493 e. The lowest BCUT2D eigenvalue weighted by atomic mass is 10.1. The number of hydrogen-bond acceptors (Lipinski definition) is 3. The van der Waals surface area contributed by atoms with Crippen LogP contribution in [0.1, 0.15) is 36.8 Å². The fraction of sp³-hybridized carbons (Fsp3) is 0.562. The zero-order chi connectivity index (χ0) is 15.2. The normalized spacial score (nSPS) is 14.8. The summed E-state index contributed by atoms with van der Waals surface area (Å²) in [6.07, 6.45) is 4.59. The summed E-state index contributed by atoms with van der Waals surface area (Å²) in [7, 11) is 3.22. The Morgan fingerprint density at radius 1 is 1.19 bits per heavy atom. The van der Waals surface area contributed by atoms with Gasteiger partial charge in [0, 0.05) is 12.6 Å². The van der Waals surface area contributed by atoms with Gasteiger partial charge in [0.25, 0.3) is 0 Å². The first-order chi connectivity index (χ1) is 10.1. The third-order valence-electron chi connectivity index (χ3n) is 3.97. The number of carbonyl (C=O) groups is 1. The number of urea groups is 1. The van der Waals surface area contributed by atoms with E-state index in [9.17, 15) is 4.79 Å². The summed E-state index contributed by atoms with van der Waals surface area (Å²) in [4.78, 5) is 11.9. The molecule has 1 aliphatic rings. The summed E-state index contributed by atoms with van der Waals surface area (Å²) in [5, 5.41) is 5.92. The number of ether oxygens (including phenoxy) is 2. The fourth-order valence-corrected chi connectivity index (χ4v) is 2.70. The highest BCUT2D eigenvalue weighted by Crippen LogP contribution is 2.30. The number of carbonyl (C=O) groups excluding carboxylic acids is 1. The molecule has 0 aliphatic heterocycles. The molecule has 0 heterocycles. The van der Waals surface area contributed by atoms with Crippen molar-refractivity contribution in [2.45, 2.75) is 45.2 Å². The molecule has 0 radical (unpaired) electrons. The Hall–Kier alpha value is -1.91. The lowest BCUT2D eigenvalue weighted by molar-refractivity contribution is 0.236. The van der Waals surface area contributed by atoms with Crippen LogP contribution in [0.25, 0.3) is 0 Å². The number of amides is 2. The van der Waals surface area contributed by atoms with E-state index in [1.807, 2.05) is 19.1 Å². The van der Waals surface area contributed by atoms with E-state index in [-0.39, 0.29) is 6.03 Å². The summed E-state index contributed by atoms with van der Waals surface area (Å²) in [6.45, 7) is 2.47. The van der Waals surface area contributed by atoms with Crippen molar-refractivity contribution in [2.75, 3.05) is 14.2 Å². The summed E-state index contributed by atoms with van der Waals surface area (Å²) in [5.74, 6) is 1.38. The maximum Gasteiger partial charge on any atom is 0.315 e. The SMILES string of the molecule is COc1cc(C)c(CNC(=O)NC2CCCC2)cc1OC. The highest BCUT2D eigenvalue weighted by atomic mass is 16.5. The van der Waals surface area contributed by atoms with Crippen molar-refractivity contribution in [3.8, 4) is 11.5 Å². The number of rotatable bonds is 5. The van der Waals surface area contributed by atoms with Gasteiger partial charge in [-0.2, -0.15) is 0 Å². The Balaban J connectivity index is 1.94. The highest BCUT2D eigenvalue weighted by Gasteiger charge is 2.17. The molecule has 116 valence electrons. The van der Waals surface area contributed by atoms with Gasteiger partial charge >= 0.3 is 6.03 Å². The van der Waals surface area contributed by atoms with E-state index in [4.69, 9.17) is 9.47 Å². The number of benzene rings is 1. The van der Waals surface area contributed by atoms with Crippen molar-refractivity contribution in [3.63, 3.8) is 0 Å². The minimum absolute atomic E-state index is 0.101. The van der Waals surface area contributed by atoms with Gasteiger partial charge in [0.2, 0.25) is 0 Å². The van der Waals surface area contributed by atoms with E-state index in [2.05, 4.69) is 10.6 Å². The van der Waals surface area contributed by atoms with Crippen LogP contribution in [-0.2, 0) is 6.54 Å². The van der Waals surface area contributed by atoms with Crippen molar-refractivity contribution >= 4 is 6.03 Å². The lowest BCUT2D eigenvalue weighted by Crippen LogP contribution is -2.40. The third-order valence-corrected chi connectivity index (χ3v) is 3.97. The number of aryl methyl sites for hydroxylation is 1. The van der Waals surface area contributed by atoms with E-state index in [0.717, 1.165) is 24.0 Å². The molecule has 0 saturated heterocycles. The van der Waals surface area contributed by atoms with Gasteiger partial charge in [-0.15, -0.1) is 0 Å². The number of hydrogen-bond donors (Lipinski definition) is 2. The van der Waals surface area contributed by atoms with Gasteiger partial charge in [-0.25, -0.2) is 4.79 Å². The highest BCUT2D eigenvalue weighted by molar-refractivity contribution is 5.74. The second-order valence-corrected chi connectivity index (χ2v) is 5.44. The van der Waals surface area contributed by atoms with Crippen molar-refractivity contribution in [1.82, 2.24) is 10.6 Å². The molecule has 0 aromatic heterocycles. The second-order valence-electron chi connectivity index (χ2n) is 5.44. The van der Waals surface area contributed by atoms with Crippen LogP contribution < -0.4 is 20.1 Å². The molecule has 1 aromatic rings. The van der Waals surface area contributed by atoms with Crippen LogP contribution in [0.4, 0.5) is 4.79 Å². The smallest absolute Gasteiger partial charge is 0.315 e. The predicted molar refractivity (Wildman–Crippen MR) is 81.9 cm³/mol. The van der Waals surface area contributed by atoms with Crippen LogP contribution in [0.15, 0.2) is 12.1 Å². The zero-order valence-electron chi connectivity index (χ0n) is 13.0. The number of methoxy groups -OCH3 is 2. The molecule has 1 fully saturated rings. The van der Waals surface area contributed by atoms with Gasteiger partial charge in [0.15, 0.2) is 11.5 Å². The summed E-state index contributed by atoms with van der Waals surface area (Å²) in [6, 6.07) is 4.06. The minimum Gasteiger partial charge on any atom is -0.493 e. The molecule has 1 aromatic carbocycles. The van der Waals surface area contributed by atoms with Crippen molar-refractivity contribution in [1.29, 1.82) is 0 Å². The van der Waals surface area contributed by atoms with Gasteiger partial charge in [-0.3, -0.25) is 0 Å². The Bertz CT molecular complexity index is 497. The number of nitrogens with one attached hydrogen (secondary N) is 2. The quantitative estimate of drug-likeness (QED) is 0.877. The van der Waals surface area contributed by atoms with Crippen LogP contribution in [0.2, 0.25) is 0 Å². The molecule has 0 atom stereocenters. The van der Waals surface area contributed by atoms with E-state index in [1.54, 1.807) is 14.2 Å². The van der Waals surface area contributed by atoms with E-state index < -0.39 is 0 Å². The maximum atomic E-state index is 11.9. The van der Waals surface area contributed by atoms with Crippen molar-refractivity contribution in [3.05, 3.63) is 23.3 Å². The first-order valence-electron chi connectivity index (χ1n) is 7.40. The van der Waals surface area contributed by atoms with E-state index in [1.165, 1.54) is 12.8 Å². The summed E-state index contributed by atoms with van der Waals surface area (Å²) >= 11 is 0. The predicted octanol–water partition coefficient (Wildman–Crippen LogP) is 2.75. The fourth-order valence-electron chi connectivity index (χ4n) is 2.70. The molecule has 2 N–H and O–H groups in total. The molecule has 0 bridgehead atoms. The Kier molecular flexibility index (Phi) is 5.31. The average Bonchev–Trinajstić information content (AvgIpc) is 2.98. The van der Waals surface area contributed by atoms with Crippen LogP contribution in [-0.4, -0.2) is 26.3 Å². The standard InChI is InChI=1S/C16H24N2O3/c1-11-8-14(20-2)15(21-3)9-12(11)10-17-16(19)18-13-6-4-5-7-13/h8-9,13H,4-7,10H2,1-3H3,(H2,17,18,19). The van der Waals surface area contributed by atoms with Crippen molar-refractivity contribution < 1.29 is 14.3 Å². The van der Waals surface area contributed by atoms with E-state index in [0.29, 0.717) is 24.1 Å². The molecule has 2 amide bonds. The van der Waals surface area contributed by atoms with Gasteiger partial charge in [-0.1, -0.05) is 12.8 Å². The van der Waals surface area contributed by atoms with Crippen LogP contribution in [0.3, 0.4) is 0 Å². The average molecular weight is 292 g/mol. The molecule has 21 heavy (non-hydrogen) atoms. The second kappa shape index (κ2) is 7.20. The van der Waals surface area contributed by atoms with Gasteiger partial charge in [0.05, 0.1) is 14.2 Å². The minimum atomic E-state index is -0.101. The van der Waals surface area contributed by atoms with E-state index >= 15 is 0 Å². The van der Waals surface area contributed by atoms with Gasteiger partial charge in [0.1, 0.15) is 0 Å². The monoisotopic (exact) mass is 292 g/mol. The maximum absolute atomic E-state index is 11.9. The molecule has 1 aliphatic carbocycles. The topological polar surface area (TPSA) is 59.6 Å². The van der Waals surface area contributed by atoms with Crippen molar-refractivity contribution in [2.24, 2.45) is 0 Å². The lowest BCUT2D eigenvalue weighted by Gasteiger charge is -2.15. The Morgan fingerprint density at radius 3 is 2.43 bits per heavy atom. The molecule has 1 saturated carbocycles. The summed E-state index contributed by atoms with van der Waals surface area (Å²) < 4.78 is 10.6. The first kappa shape index (κ1) is 15.5. The molecular weight excluding hydrogens is 268 g/mol. The molecular formula is C16H24N2O3. The zero-order valence-corrected chi connectivity index (χ0v) is 13.0. The molecule has 2 rings (SSSR count). The summed E-state index contributed by atoms with van der Waals surface area (Å²) in [5.41, 5.74) is 2.09. The molecule has 5 heteroatoms. The first-order valence-corrected chi connectivity index (χ1v) is 7.40. The van der Waals surface area contributed by atoms with Crippen LogP contribution in [0, 0.1) is 6.92 Å². The van der Waals surface area contributed by atoms with Crippen LogP contribution in [0.5, 0.6) is 11.5 Å². The third kappa shape index (κ3) is 4.03. The van der Waals surface area contributed by atoms with Gasteiger partial charge in [-0.05, 0) is 43.0 Å². The van der Waals surface area contributed by atoms with Gasteiger partial charge < -0.3 is 20.1 Å². The Labute approximate surface area is 126 Å². The van der Waals surface area contributed by atoms with Crippen LogP contribution >= 0.6 is 0 Å². The molecule has 5 nitrogen and oxygen atoms in total.